The lowest BCUT2D eigenvalue weighted by molar-refractivity contribution is 0.343. The van der Waals surface area contributed by atoms with E-state index in [2.05, 4.69) is 14.8 Å². The second-order valence-corrected chi connectivity index (χ2v) is 8.84. The second-order valence-electron chi connectivity index (χ2n) is 6.91. The van der Waals surface area contributed by atoms with Gasteiger partial charge in [0.1, 0.15) is 5.82 Å². The maximum atomic E-state index is 12.7. The van der Waals surface area contributed by atoms with Crippen LogP contribution in [0.3, 0.4) is 0 Å². The fraction of sp³-hybridized carbons (Fsp3) is 0.750. The minimum Gasteiger partial charge on any atom is -0.354 e. The highest BCUT2D eigenvalue weighted by Crippen LogP contribution is 2.22. The Morgan fingerprint density at radius 2 is 1.36 bits per heavy atom. The summed E-state index contributed by atoms with van der Waals surface area (Å²) in [7, 11) is -3.29. The van der Waals surface area contributed by atoms with E-state index in [0.717, 1.165) is 37.7 Å². The molecule has 0 radical (unpaired) electrons. The summed E-state index contributed by atoms with van der Waals surface area (Å²) in [6.07, 6.45) is 6.14. The summed E-state index contributed by atoms with van der Waals surface area (Å²) in [4.78, 5) is 13.5. The molecule has 0 aliphatic carbocycles. The van der Waals surface area contributed by atoms with Crippen molar-refractivity contribution in [2.45, 2.75) is 25.7 Å². The SMILES string of the molecule is O=S(=O)(N1CCCC1)N1CCN(c2ccnc(N3CCCC3)n2)CC1. The molecule has 3 aliphatic rings. The van der Waals surface area contributed by atoms with Gasteiger partial charge in [0.2, 0.25) is 5.95 Å². The quantitative estimate of drug-likeness (QED) is 0.774. The van der Waals surface area contributed by atoms with E-state index in [-0.39, 0.29) is 0 Å². The third-order valence-corrected chi connectivity index (χ3v) is 7.33. The molecule has 0 spiro atoms. The summed E-state index contributed by atoms with van der Waals surface area (Å²) < 4.78 is 28.6. The Bertz CT molecular complexity index is 692. The minimum absolute atomic E-state index is 0.516. The van der Waals surface area contributed by atoms with E-state index in [1.165, 1.54) is 12.8 Å². The number of nitrogens with zero attached hydrogens (tertiary/aromatic N) is 6. The van der Waals surface area contributed by atoms with Gasteiger partial charge in [0.15, 0.2) is 0 Å². The highest BCUT2D eigenvalue weighted by atomic mass is 32.2. The molecule has 3 saturated heterocycles. The van der Waals surface area contributed by atoms with Gasteiger partial charge in [-0.05, 0) is 31.7 Å². The van der Waals surface area contributed by atoms with Crippen molar-refractivity contribution in [2.75, 3.05) is 62.2 Å². The molecule has 0 atom stereocenters. The fourth-order valence-electron chi connectivity index (χ4n) is 3.81. The number of aromatic nitrogens is 2. The molecule has 0 saturated carbocycles. The number of rotatable bonds is 4. The monoisotopic (exact) mass is 366 g/mol. The normalized spacial score (nSPS) is 23.5. The van der Waals surface area contributed by atoms with E-state index < -0.39 is 10.2 Å². The minimum atomic E-state index is -3.29. The Balaban J connectivity index is 1.41. The molecule has 25 heavy (non-hydrogen) atoms. The van der Waals surface area contributed by atoms with E-state index in [1.807, 2.05) is 12.3 Å². The van der Waals surface area contributed by atoms with Crippen LogP contribution >= 0.6 is 0 Å². The predicted molar refractivity (Wildman–Crippen MR) is 97.0 cm³/mol. The summed E-state index contributed by atoms with van der Waals surface area (Å²) in [5.74, 6) is 1.69. The molecule has 3 aliphatic heterocycles. The van der Waals surface area contributed by atoms with E-state index >= 15 is 0 Å². The zero-order chi connectivity index (χ0) is 17.3. The molecule has 9 heteroatoms. The van der Waals surface area contributed by atoms with Gasteiger partial charge in [-0.2, -0.15) is 22.0 Å². The molecular weight excluding hydrogens is 340 g/mol. The zero-order valence-corrected chi connectivity index (χ0v) is 15.4. The summed E-state index contributed by atoms with van der Waals surface area (Å²) >= 11 is 0. The van der Waals surface area contributed by atoms with E-state index in [0.29, 0.717) is 39.3 Å². The van der Waals surface area contributed by atoms with Crippen LogP contribution in [-0.4, -0.2) is 79.4 Å². The van der Waals surface area contributed by atoms with E-state index in [9.17, 15) is 8.42 Å². The van der Waals surface area contributed by atoms with Crippen LogP contribution in [0.5, 0.6) is 0 Å². The molecule has 0 amide bonds. The molecule has 0 N–H and O–H groups in total. The van der Waals surface area contributed by atoms with Gasteiger partial charge < -0.3 is 9.80 Å². The van der Waals surface area contributed by atoms with Gasteiger partial charge in [-0.1, -0.05) is 0 Å². The molecular formula is C16H26N6O2S. The Morgan fingerprint density at radius 3 is 2.04 bits per heavy atom. The van der Waals surface area contributed by atoms with Gasteiger partial charge >= 0.3 is 0 Å². The lowest BCUT2D eigenvalue weighted by Gasteiger charge is -2.36. The van der Waals surface area contributed by atoms with Crippen molar-refractivity contribution < 1.29 is 8.42 Å². The van der Waals surface area contributed by atoms with E-state index in [1.54, 1.807) is 8.61 Å². The third kappa shape index (κ3) is 3.45. The maximum Gasteiger partial charge on any atom is 0.282 e. The Labute approximate surface area is 149 Å². The summed E-state index contributed by atoms with van der Waals surface area (Å²) in [5.41, 5.74) is 0. The van der Waals surface area contributed by atoms with Gasteiger partial charge in [-0.15, -0.1) is 0 Å². The van der Waals surface area contributed by atoms with Crippen molar-refractivity contribution in [3.05, 3.63) is 12.3 Å². The average Bonchev–Trinajstić information content (AvgIpc) is 3.36. The van der Waals surface area contributed by atoms with Gasteiger partial charge in [-0.25, -0.2) is 4.98 Å². The van der Waals surface area contributed by atoms with Crippen LogP contribution < -0.4 is 9.80 Å². The largest absolute Gasteiger partial charge is 0.354 e. The molecule has 4 rings (SSSR count). The molecule has 4 heterocycles. The smallest absolute Gasteiger partial charge is 0.282 e. The predicted octanol–water partition coefficient (Wildman–Crippen LogP) is 0.539. The fourth-order valence-corrected chi connectivity index (χ4v) is 5.49. The summed E-state index contributed by atoms with van der Waals surface area (Å²) in [5, 5.41) is 0. The second kappa shape index (κ2) is 7.05. The number of hydrogen-bond acceptors (Lipinski definition) is 6. The standard InChI is InChI=1S/C16H26N6O2S/c23-25(24,21-9-3-4-10-21)22-13-11-19(12-14-22)15-5-6-17-16(18-15)20-7-1-2-8-20/h5-6H,1-4,7-14H2. The lowest BCUT2D eigenvalue weighted by atomic mass is 10.3. The lowest BCUT2D eigenvalue weighted by Crippen LogP contribution is -2.52. The van der Waals surface area contributed by atoms with Crippen molar-refractivity contribution in [3.8, 4) is 0 Å². The highest BCUT2D eigenvalue weighted by Gasteiger charge is 2.34. The molecule has 3 fully saturated rings. The van der Waals surface area contributed by atoms with Crippen molar-refractivity contribution in [2.24, 2.45) is 0 Å². The van der Waals surface area contributed by atoms with Gasteiger partial charge in [-0.3, -0.25) is 0 Å². The Hall–Kier alpha value is -1.45. The maximum absolute atomic E-state index is 12.7. The molecule has 138 valence electrons. The molecule has 0 bridgehead atoms. The number of hydrogen-bond donors (Lipinski definition) is 0. The highest BCUT2D eigenvalue weighted by molar-refractivity contribution is 7.86. The first-order chi connectivity index (χ1) is 12.1. The first-order valence-corrected chi connectivity index (χ1v) is 10.6. The topological polar surface area (TPSA) is 72.9 Å². The van der Waals surface area contributed by atoms with Crippen molar-refractivity contribution >= 4 is 22.0 Å². The van der Waals surface area contributed by atoms with Gasteiger partial charge in [0, 0.05) is 58.6 Å². The molecule has 8 nitrogen and oxygen atoms in total. The molecule has 1 aromatic rings. The van der Waals surface area contributed by atoms with Crippen LogP contribution in [0, 0.1) is 0 Å². The molecule has 0 aromatic carbocycles. The van der Waals surface area contributed by atoms with Crippen LogP contribution in [-0.2, 0) is 10.2 Å². The van der Waals surface area contributed by atoms with E-state index in [4.69, 9.17) is 4.98 Å². The average molecular weight is 366 g/mol. The van der Waals surface area contributed by atoms with Crippen molar-refractivity contribution in [1.82, 2.24) is 18.6 Å². The zero-order valence-electron chi connectivity index (χ0n) is 14.5. The van der Waals surface area contributed by atoms with Crippen LogP contribution in [0.4, 0.5) is 11.8 Å². The first-order valence-electron chi connectivity index (χ1n) is 9.23. The third-order valence-electron chi connectivity index (χ3n) is 5.30. The van der Waals surface area contributed by atoms with Gasteiger partial charge in [0.25, 0.3) is 10.2 Å². The number of piperazine rings is 1. The van der Waals surface area contributed by atoms with Crippen LogP contribution in [0.2, 0.25) is 0 Å². The van der Waals surface area contributed by atoms with Crippen LogP contribution in [0.1, 0.15) is 25.7 Å². The first kappa shape index (κ1) is 17.0. The number of anilines is 2. The molecule has 1 aromatic heterocycles. The summed E-state index contributed by atoms with van der Waals surface area (Å²) in [6.45, 7) is 5.73. The van der Waals surface area contributed by atoms with Crippen molar-refractivity contribution in [1.29, 1.82) is 0 Å². The van der Waals surface area contributed by atoms with Crippen LogP contribution in [0.25, 0.3) is 0 Å². The molecule has 0 unspecified atom stereocenters. The van der Waals surface area contributed by atoms with Crippen molar-refractivity contribution in [3.63, 3.8) is 0 Å². The van der Waals surface area contributed by atoms with Gasteiger partial charge in [0.05, 0.1) is 0 Å². The Morgan fingerprint density at radius 1 is 0.760 bits per heavy atom. The summed E-state index contributed by atoms with van der Waals surface area (Å²) in [6, 6.07) is 1.92. The Kier molecular flexibility index (Phi) is 4.79. The van der Waals surface area contributed by atoms with Crippen LogP contribution in [0.15, 0.2) is 12.3 Å².